The van der Waals surface area contributed by atoms with E-state index < -0.39 is 0 Å². The predicted octanol–water partition coefficient (Wildman–Crippen LogP) is 0.274. The van der Waals surface area contributed by atoms with Crippen molar-refractivity contribution in [1.29, 1.82) is 0 Å². The molecule has 4 rings (SSSR count). The van der Waals surface area contributed by atoms with Gasteiger partial charge in [-0.15, -0.1) is 0 Å². The largest absolute Gasteiger partial charge is 0.372 e. The molecular weight excluding hydrogens is 144 g/mol. The van der Waals surface area contributed by atoms with Gasteiger partial charge in [0.05, 0.1) is 18.3 Å². The summed E-state index contributed by atoms with van der Waals surface area (Å²) in [5.74, 6) is 0.248. The molecule has 3 nitrogen and oxygen atoms in total. The standard InChI is InChI=1S/C8H10O3/c9-5-1-4-2-7-8(10-4)3-6(5)11-7/h4,6-8H,1-3H2. The molecule has 3 heteroatoms. The summed E-state index contributed by atoms with van der Waals surface area (Å²) >= 11 is 0. The number of hydrogen-bond donors (Lipinski definition) is 0. The zero-order valence-electron chi connectivity index (χ0n) is 6.16. The Morgan fingerprint density at radius 3 is 2.82 bits per heavy atom. The van der Waals surface area contributed by atoms with Crippen LogP contribution >= 0.6 is 0 Å². The number of carbonyl (C=O) groups is 1. The van der Waals surface area contributed by atoms with E-state index in [-0.39, 0.29) is 30.2 Å². The topological polar surface area (TPSA) is 35.5 Å². The monoisotopic (exact) mass is 154 g/mol. The third kappa shape index (κ3) is 0.726. The van der Waals surface area contributed by atoms with Gasteiger partial charge in [-0.3, -0.25) is 4.79 Å². The molecule has 4 atom stereocenters. The van der Waals surface area contributed by atoms with Crippen LogP contribution in [0.1, 0.15) is 19.3 Å². The average Bonchev–Trinajstić information content (AvgIpc) is 2.33. The minimum atomic E-state index is -0.127. The fourth-order valence-electron chi connectivity index (χ4n) is 2.32. The van der Waals surface area contributed by atoms with Gasteiger partial charge in [0.25, 0.3) is 0 Å². The zero-order chi connectivity index (χ0) is 7.42. The quantitative estimate of drug-likeness (QED) is 0.502. The van der Waals surface area contributed by atoms with Crippen LogP contribution in [-0.2, 0) is 14.3 Å². The van der Waals surface area contributed by atoms with Crippen molar-refractivity contribution in [2.45, 2.75) is 43.7 Å². The smallest absolute Gasteiger partial charge is 0.164 e. The van der Waals surface area contributed by atoms with Gasteiger partial charge in [0.1, 0.15) is 6.10 Å². The lowest BCUT2D eigenvalue weighted by Crippen LogP contribution is -2.19. The highest BCUT2D eigenvalue weighted by atomic mass is 16.6. The molecule has 0 N–H and O–H groups in total. The van der Waals surface area contributed by atoms with Crippen molar-refractivity contribution in [1.82, 2.24) is 0 Å². The lowest BCUT2D eigenvalue weighted by atomic mass is 10.0. The van der Waals surface area contributed by atoms with E-state index in [1.165, 1.54) is 0 Å². The Kier molecular flexibility index (Phi) is 1.03. The molecule has 4 aliphatic rings. The highest BCUT2D eigenvalue weighted by Gasteiger charge is 2.50. The summed E-state index contributed by atoms with van der Waals surface area (Å²) in [4.78, 5) is 11.3. The maximum absolute atomic E-state index is 11.3. The molecule has 60 valence electrons. The maximum Gasteiger partial charge on any atom is 0.164 e. The van der Waals surface area contributed by atoms with Gasteiger partial charge in [-0.25, -0.2) is 0 Å². The maximum atomic E-state index is 11.3. The molecule has 4 saturated heterocycles. The van der Waals surface area contributed by atoms with Gasteiger partial charge < -0.3 is 9.47 Å². The van der Waals surface area contributed by atoms with Gasteiger partial charge in [-0.2, -0.15) is 0 Å². The van der Waals surface area contributed by atoms with Crippen molar-refractivity contribution in [2.75, 3.05) is 0 Å². The molecule has 0 aromatic rings. The number of rotatable bonds is 0. The first-order chi connectivity index (χ1) is 5.33. The highest BCUT2D eigenvalue weighted by molar-refractivity contribution is 5.84. The molecule has 0 aromatic heterocycles. The Morgan fingerprint density at radius 1 is 1.18 bits per heavy atom. The third-order valence-corrected chi connectivity index (χ3v) is 2.85. The number of carbonyl (C=O) groups excluding carboxylic acids is 1. The van der Waals surface area contributed by atoms with Gasteiger partial charge >= 0.3 is 0 Å². The molecule has 0 radical (unpaired) electrons. The number of ketones is 1. The van der Waals surface area contributed by atoms with Crippen LogP contribution in [0.3, 0.4) is 0 Å². The van der Waals surface area contributed by atoms with Crippen LogP contribution in [0.15, 0.2) is 0 Å². The van der Waals surface area contributed by atoms with E-state index in [2.05, 4.69) is 0 Å². The molecule has 4 fully saturated rings. The number of hydrogen-bond acceptors (Lipinski definition) is 3. The van der Waals surface area contributed by atoms with Crippen LogP contribution in [0.5, 0.6) is 0 Å². The number of fused-ring (bicyclic) bond motifs is 1. The van der Waals surface area contributed by atoms with E-state index in [0.717, 1.165) is 12.8 Å². The third-order valence-electron chi connectivity index (χ3n) is 2.85. The molecular formula is C8H10O3. The lowest BCUT2D eigenvalue weighted by molar-refractivity contribution is -0.129. The second-order valence-corrected chi connectivity index (χ2v) is 3.60. The highest BCUT2D eigenvalue weighted by Crippen LogP contribution is 2.39. The van der Waals surface area contributed by atoms with Crippen molar-refractivity contribution in [3.05, 3.63) is 0 Å². The van der Waals surface area contributed by atoms with E-state index in [4.69, 9.17) is 9.47 Å². The van der Waals surface area contributed by atoms with Crippen molar-refractivity contribution >= 4 is 5.78 Å². The van der Waals surface area contributed by atoms with Gasteiger partial charge in [0.15, 0.2) is 5.78 Å². The van der Waals surface area contributed by atoms with E-state index in [1.54, 1.807) is 0 Å². The van der Waals surface area contributed by atoms with Crippen LogP contribution in [0.25, 0.3) is 0 Å². The summed E-state index contributed by atoms with van der Waals surface area (Å²) < 4.78 is 11.1. The summed E-state index contributed by atoms with van der Waals surface area (Å²) in [6.45, 7) is 0. The summed E-state index contributed by atoms with van der Waals surface area (Å²) in [6.07, 6.45) is 2.83. The van der Waals surface area contributed by atoms with Crippen molar-refractivity contribution in [3.63, 3.8) is 0 Å². The molecule has 4 aliphatic heterocycles. The van der Waals surface area contributed by atoms with Crippen LogP contribution in [0.4, 0.5) is 0 Å². The van der Waals surface area contributed by atoms with E-state index in [0.29, 0.717) is 6.42 Å². The summed E-state index contributed by atoms with van der Waals surface area (Å²) in [7, 11) is 0. The first-order valence-corrected chi connectivity index (χ1v) is 4.16. The van der Waals surface area contributed by atoms with Crippen molar-refractivity contribution in [3.8, 4) is 0 Å². The van der Waals surface area contributed by atoms with Gasteiger partial charge in [0.2, 0.25) is 0 Å². The van der Waals surface area contributed by atoms with E-state index in [9.17, 15) is 4.79 Å². The number of Topliss-reactive ketones (excluding diaryl/α,β-unsaturated/α-hetero) is 1. The Balaban J connectivity index is 2.01. The van der Waals surface area contributed by atoms with Crippen LogP contribution < -0.4 is 0 Å². The lowest BCUT2D eigenvalue weighted by Gasteiger charge is -2.07. The Hall–Kier alpha value is -0.410. The normalized spacial score (nSPS) is 53.6. The molecule has 4 heterocycles. The summed E-state index contributed by atoms with van der Waals surface area (Å²) in [5.41, 5.74) is 0. The second kappa shape index (κ2) is 1.84. The van der Waals surface area contributed by atoms with Crippen LogP contribution in [0.2, 0.25) is 0 Å². The number of ether oxygens (including phenoxy) is 2. The zero-order valence-corrected chi connectivity index (χ0v) is 6.16. The Labute approximate surface area is 64.7 Å². The van der Waals surface area contributed by atoms with E-state index in [1.807, 2.05) is 0 Å². The molecule has 4 bridgehead atoms. The molecule has 0 aromatic carbocycles. The fraction of sp³-hybridized carbons (Fsp3) is 0.875. The van der Waals surface area contributed by atoms with Gasteiger partial charge in [0, 0.05) is 19.3 Å². The minimum Gasteiger partial charge on any atom is -0.372 e. The van der Waals surface area contributed by atoms with Crippen LogP contribution in [-0.4, -0.2) is 30.2 Å². The molecule has 0 aliphatic carbocycles. The minimum absolute atomic E-state index is 0.127. The molecule has 4 unspecified atom stereocenters. The Bertz CT molecular complexity index is 199. The van der Waals surface area contributed by atoms with Gasteiger partial charge in [-0.05, 0) is 0 Å². The fourth-order valence-corrected chi connectivity index (χ4v) is 2.32. The summed E-state index contributed by atoms with van der Waals surface area (Å²) in [5, 5.41) is 0. The molecule has 0 saturated carbocycles. The van der Waals surface area contributed by atoms with Crippen molar-refractivity contribution < 1.29 is 14.3 Å². The molecule has 0 spiro atoms. The molecule has 11 heavy (non-hydrogen) atoms. The second-order valence-electron chi connectivity index (χ2n) is 3.60. The van der Waals surface area contributed by atoms with Crippen molar-refractivity contribution in [2.24, 2.45) is 0 Å². The van der Waals surface area contributed by atoms with E-state index >= 15 is 0 Å². The summed E-state index contributed by atoms with van der Waals surface area (Å²) in [6, 6.07) is 0. The van der Waals surface area contributed by atoms with Gasteiger partial charge in [-0.1, -0.05) is 0 Å². The Morgan fingerprint density at radius 2 is 2.00 bits per heavy atom. The SMILES string of the molecule is O=C1CC2CC3OC1CC3O2. The predicted molar refractivity (Wildman–Crippen MR) is 36.2 cm³/mol. The average molecular weight is 154 g/mol. The first-order valence-electron chi connectivity index (χ1n) is 4.16. The molecule has 0 amide bonds. The van der Waals surface area contributed by atoms with Crippen LogP contribution in [0, 0.1) is 0 Å². The first kappa shape index (κ1) is 6.14.